The van der Waals surface area contributed by atoms with Crippen molar-refractivity contribution in [2.24, 2.45) is 5.92 Å². The van der Waals surface area contributed by atoms with Crippen LogP contribution in [-0.2, 0) is 6.42 Å². The van der Waals surface area contributed by atoms with E-state index in [1.165, 1.54) is 5.56 Å². The molecular weight excluding hydrogens is 314 g/mol. The summed E-state index contributed by atoms with van der Waals surface area (Å²) in [7, 11) is 0. The van der Waals surface area contributed by atoms with Crippen molar-refractivity contribution in [3.8, 4) is 0 Å². The number of rotatable bonds is 5. The third kappa shape index (κ3) is 3.87. The molecule has 0 saturated heterocycles. The van der Waals surface area contributed by atoms with Crippen molar-refractivity contribution >= 4 is 17.5 Å². The van der Waals surface area contributed by atoms with Crippen LogP contribution in [0.2, 0.25) is 0 Å². The summed E-state index contributed by atoms with van der Waals surface area (Å²) in [6.07, 6.45) is 1.76. The van der Waals surface area contributed by atoms with Crippen molar-refractivity contribution in [3.05, 3.63) is 59.4 Å². The SMILES string of the molecule is CC(C)CCNC(=O)c1cccc(C(=O)N2CCc3ccccc32)n1. The van der Waals surface area contributed by atoms with Gasteiger partial charge in [0, 0.05) is 18.8 Å². The Kier molecular flexibility index (Phi) is 5.12. The number of carbonyl (C=O) groups is 2. The number of carbonyl (C=O) groups excluding carboxylic acids is 2. The maximum atomic E-state index is 12.8. The molecule has 5 heteroatoms. The number of hydrogen-bond donors (Lipinski definition) is 1. The van der Waals surface area contributed by atoms with E-state index in [9.17, 15) is 9.59 Å². The fourth-order valence-corrected chi connectivity index (χ4v) is 2.93. The van der Waals surface area contributed by atoms with Gasteiger partial charge in [0.15, 0.2) is 0 Å². The first-order chi connectivity index (χ1) is 12.1. The van der Waals surface area contributed by atoms with Gasteiger partial charge in [-0.25, -0.2) is 4.98 Å². The quantitative estimate of drug-likeness (QED) is 0.912. The van der Waals surface area contributed by atoms with Gasteiger partial charge in [-0.15, -0.1) is 0 Å². The number of aromatic nitrogens is 1. The van der Waals surface area contributed by atoms with Crippen LogP contribution >= 0.6 is 0 Å². The molecule has 0 unspecified atom stereocenters. The van der Waals surface area contributed by atoms with E-state index in [0.29, 0.717) is 24.7 Å². The summed E-state index contributed by atoms with van der Waals surface area (Å²) in [6.45, 7) is 5.47. The third-order valence-corrected chi connectivity index (χ3v) is 4.34. The van der Waals surface area contributed by atoms with E-state index in [4.69, 9.17) is 0 Å². The minimum Gasteiger partial charge on any atom is -0.351 e. The molecule has 1 aliphatic heterocycles. The van der Waals surface area contributed by atoms with Gasteiger partial charge in [-0.3, -0.25) is 9.59 Å². The topological polar surface area (TPSA) is 62.3 Å². The van der Waals surface area contributed by atoms with E-state index in [0.717, 1.165) is 18.5 Å². The Morgan fingerprint density at radius 3 is 2.68 bits per heavy atom. The zero-order valence-corrected chi connectivity index (χ0v) is 14.7. The summed E-state index contributed by atoms with van der Waals surface area (Å²) in [4.78, 5) is 31.1. The highest BCUT2D eigenvalue weighted by molar-refractivity contribution is 6.06. The zero-order chi connectivity index (χ0) is 17.8. The average Bonchev–Trinajstić information content (AvgIpc) is 3.05. The fourth-order valence-electron chi connectivity index (χ4n) is 2.93. The molecule has 1 aliphatic rings. The molecule has 0 aliphatic carbocycles. The largest absolute Gasteiger partial charge is 0.351 e. The van der Waals surface area contributed by atoms with Gasteiger partial charge in [0.05, 0.1) is 0 Å². The Morgan fingerprint density at radius 1 is 1.12 bits per heavy atom. The normalized spacial score (nSPS) is 13.0. The smallest absolute Gasteiger partial charge is 0.276 e. The van der Waals surface area contributed by atoms with Gasteiger partial charge >= 0.3 is 0 Å². The van der Waals surface area contributed by atoms with Crippen LogP contribution < -0.4 is 10.2 Å². The lowest BCUT2D eigenvalue weighted by Crippen LogP contribution is -2.31. The van der Waals surface area contributed by atoms with E-state index in [-0.39, 0.29) is 17.5 Å². The maximum Gasteiger partial charge on any atom is 0.276 e. The molecule has 5 nitrogen and oxygen atoms in total. The molecule has 2 heterocycles. The standard InChI is InChI=1S/C20H23N3O2/c1-14(2)10-12-21-19(24)16-7-5-8-17(22-16)20(25)23-13-11-15-6-3-4-9-18(15)23/h3-9,14H,10-13H2,1-2H3,(H,21,24). The zero-order valence-electron chi connectivity index (χ0n) is 14.7. The van der Waals surface area contributed by atoms with Gasteiger partial charge in [0.25, 0.3) is 11.8 Å². The lowest BCUT2D eigenvalue weighted by Gasteiger charge is -2.17. The number of hydrogen-bond acceptors (Lipinski definition) is 3. The van der Waals surface area contributed by atoms with Crippen LogP contribution in [0.25, 0.3) is 0 Å². The highest BCUT2D eigenvalue weighted by atomic mass is 16.2. The second kappa shape index (κ2) is 7.47. The van der Waals surface area contributed by atoms with Crippen LogP contribution in [-0.4, -0.2) is 29.9 Å². The highest BCUT2D eigenvalue weighted by Crippen LogP contribution is 2.28. The van der Waals surface area contributed by atoms with E-state index in [1.54, 1.807) is 23.1 Å². The molecular formula is C20H23N3O2. The van der Waals surface area contributed by atoms with E-state index in [2.05, 4.69) is 24.1 Å². The number of benzene rings is 1. The lowest BCUT2D eigenvalue weighted by atomic mass is 10.1. The number of fused-ring (bicyclic) bond motifs is 1. The molecule has 1 aromatic carbocycles. The van der Waals surface area contributed by atoms with Crippen LogP contribution in [0.5, 0.6) is 0 Å². The van der Waals surface area contributed by atoms with Gasteiger partial charge < -0.3 is 10.2 Å². The molecule has 25 heavy (non-hydrogen) atoms. The lowest BCUT2D eigenvalue weighted by molar-refractivity contribution is 0.0946. The van der Waals surface area contributed by atoms with Crippen LogP contribution in [0.15, 0.2) is 42.5 Å². The second-order valence-corrected chi connectivity index (χ2v) is 6.68. The predicted molar refractivity (Wildman–Crippen MR) is 97.8 cm³/mol. The molecule has 2 aromatic rings. The number of pyridine rings is 1. The van der Waals surface area contributed by atoms with E-state index < -0.39 is 0 Å². The van der Waals surface area contributed by atoms with Crippen molar-refractivity contribution in [1.29, 1.82) is 0 Å². The first kappa shape index (κ1) is 17.1. The summed E-state index contributed by atoms with van der Waals surface area (Å²) in [5.41, 5.74) is 2.68. The number of anilines is 1. The Bertz CT molecular complexity index is 786. The number of amides is 2. The molecule has 0 radical (unpaired) electrons. The molecule has 2 amide bonds. The fraction of sp³-hybridized carbons (Fsp3) is 0.350. The number of nitrogens with zero attached hydrogens (tertiary/aromatic N) is 2. The van der Waals surface area contributed by atoms with Gasteiger partial charge in [0.2, 0.25) is 0 Å². The second-order valence-electron chi connectivity index (χ2n) is 6.68. The molecule has 0 atom stereocenters. The average molecular weight is 337 g/mol. The van der Waals surface area contributed by atoms with Gasteiger partial charge in [0.1, 0.15) is 11.4 Å². The summed E-state index contributed by atoms with van der Waals surface area (Å²) < 4.78 is 0. The highest BCUT2D eigenvalue weighted by Gasteiger charge is 2.26. The minimum atomic E-state index is -0.239. The molecule has 1 N–H and O–H groups in total. The monoisotopic (exact) mass is 337 g/mol. The summed E-state index contributed by atoms with van der Waals surface area (Å²) >= 11 is 0. The molecule has 0 saturated carbocycles. The van der Waals surface area contributed by atoms with Crippen molar-refractivity contribution in [2.45, 2.75) is 26.7 Å². The summed E-state index contributed by atoms with van der Waals surface area (Å²) in [5.74, 6) is 0.121. The van der Waals surface area contributed by atoms with Crippen LogP contribution in [0.1, 0.15) is 46.8 Å². The molecule has 3 rings (SSSR count). The molecule has 0 spiro atoms. The first-order valence-electron chi connectivity index (χ1n) is 8.71. The van der Waals surface area contributed by atoms with Crippen LogP contribution in [0.4, 0.5) is 5.69 Å². The van der Waals surface area contributed by atoms with Gasteiger partial charge in [-0.1, -0.05) is 38.1 Å². The first-order valence-corrected chi connectivity index (χ1v) is 8.71. The van der Waals surface area contributed by atoms with Crippen molar-refractivity contribution in [3.63, 3.8) is 0 Å². The van der Waals surface area contributed by atoms with Gasteiger partial charge in [-0.2, -0.15) is 0 Å². The molecule has 0 bridgehead atoms. The Labute approximate surface area is 148 Å². The van der Waals surface area contributed by atoms with Crippen molar-refractivity contribution in [1.82, 2.24) is 10.3 Å². The predicted octanol–water partition coefficient (Wildman–Crippen LogP) is 3.06. The van der Waals surface area contributed by atoms with Crippen molar-refractivity contribution < 1.29 is 9.59 Å². The van der Waals surface area contributed by atoms with E-state index >= 15 is 0 Å². The Hall–Kier alpha value is -2.69. The van der Waals surface area contributed by atoms with Crippen LogP contribution in [0, 0.1) is 5.92 Å². The Balaban J connectivity index is 1.73. The molecule has 130 valence electrons. The van der Waals surface area contributed by atoms with Crippen molar-refractivity contribution in [2.75, 3.05) is 18.0 Å². The van der Waals surface area contributed by atoms with Gasteiger partial charge in [-0.05, 0) is 42.5 Å². The number of para-hydroxylation sites is 1. The summed E-state index contributed by atoms with van der Waals surface area (Å²) in [6, 6.07) is 12.9. The summed E-state index contributed by atoms with van der Waals surface area (Å²) in [5, 5.41) is 2.86. The third-order valence-electron chi connectivity index (χ3n) is 4.34. The minimum absolute atomic E-state index is 0.165. The molecule has 0 fully saturated rings. The maximum absolute atomic E-state index is 12.8. The Morgan fingerprint density at radius 2 is 1.88 bits per heavy atom. The number of nitrogens with one attached hydrogen (secondary N) is 1. The van der Waals surface area contributed by atoms with E-state index in [1.807, 2.05) is 24.3 Å². The van der Waals surface area contributed by atoms with Crippen LogP contribution in [0.3, 0.4) is 0 Å². The molecule has 1 aromatic heterocycles.